The van der Waals surface area contributed by atoms with E-state index in [2.05, 4.69) is 31.3 Å². The highest BCUT2D eigenvalue weighted by molar-refractivity contribution is 6.11. The Hall–Kier alpha value is -4.89. The summed E-state index contributed by atoms with van der Waals surface area (Å²) in [5.74, 6) is -0.432. The Kier molecular flexibility index (Phi) is 8.20. The zero-order chi connectivity index (χ0) is 27.1. The summed E-state index contributed by atoms with van der Waals surface area (Å²) in [5.41, 5.74) is 4.83. The van der Waals surface area contributed by atoms with Crippen LogP contribution in [-0.4, -0.2) is 18.5 Å². The van der Waals surface area contributed by atoms with Crippen LogP contribution in [-0.2, 0) is 16.1 Å². The van der Waals surface area contributed by atoms with Crippen LogP contribution in [0.15, 0.2) is 84.4 Å². The maximum atomic E-state index is 13.0. The smallest absolute Gasteiger partial charge is 0.338 e. The maximum Gasteiger partial charge on any atom is 0.338 e. The number of nitriles is 1. The molecule has 38 heavy (non-hydrogen) atoms. The highest BCUT2D eigenvalue weighted by atomic mass is 16.5. The summed E-state index contributed by atoms with van der Waals surface area (Å²) in [7, 11) is 0. The van der Waals surface area contributed by atoms with E-state index in [9.17, 15) is 14.9 Å². The third-order valence-electron chi connectivity index (χ3n) is 6.20. The van der Waals surface area contributed by atoms with Crippen molar-refractivity contribution >= 4 is 34.4 Å². The molecular formula is C32H28N2O4. The van der Waals surface area contributed by atoms with E-state index in [1.807, 2.05) is 48.5 Å². The standard InChI is InChI=1S/C32H28N2O4/c1-4-37-32(36)25-11-14-27(15-12-25)34-31(35)26(19-33)18-29-28-8-6-5-7-24(28)13-16-30(29)38-20-23-10-9-21(2)22(3)17-23/h5-18H,4,20H2,1-3H3,(H,34,35)/b26-18+. The number of nitrogens with zero attached hydrogens (tertiary/aromatic N) is 1. The van der Waals surface area contributed by atoms with Crippen molar-refractivity contribution in [1.82, 2.24) is 0 Å². The molecule has 0 saturated heterocycles. The summed E-state index contributed by atoms with van der Waals surface area (Å²) >= 11 is 0. The van der Waals surface area contributed by atoms with Crippen molar-refractivity contribution in [3.63, 3.8) is 0 Å². The molecule has 4 aromatic carbocycles. The predicted octanol–water partition coefficient (Wildman–Crippen LogP) is 6.76. The highest BCUT2D eigenvalue weighted by Crippen LogP contribution is 2.31. The monoisotopic (exact) mass is 504 g/mol. The fourth-order valence-corrected chi connectivity index (χ4v) is 4.00. The molecule has 0 heterocycles. The SMILES string of the molecule is CCOC(=O)c1ccc(NC(=O)/C(C#N)=C/c2c(OCc3ccc(C)c(C)c3)ccc3ccccc23)cc1. The minimum atomic E-state index is -0.565. The van der Waals surface area contributed by atoms with Crippen LogP contribution >= 0.6 is 0 Å². The molecule has 0 aromatic heterocycles. The fourth-order valence-electron chi connectivity index (χ4n) is 4.00. The first kappa shape index (κ1) is 26.2. The Morgan fingerprint density at radius 1 is 0.947 bits per heavy atom. The van der Waals surface area contributed by atoms with Gasteiger partial charge in [0.25, 0.3) is 5.91 Å². The van der Waals surface area contributed by atoms with Crippen LogP contribution in [0.5, 0.6) is 5.75 Å². The molecular weight excluding hydrogens is 476 g/mol. The van der Waals surface area contributed by atoms with Gasteiger partial charge in [-0.3, -0.25) is 4.79 Å². The zero-order valence-electron chi connectivity index (χ0n) is 21.6. The summed E-state index contributed by atoms with van der Waals surface area (Å²) in [6.45, 7) is 6.48. The molecule has 0 radical (unpaired) electrons. The van der Waals surface area contributed by atoms with Crippen molar-refractivity contribution in [3.8, 4) is 11.8 Å². The van der Waals surface area contributed by atoms with Gasteiger partial charge in [0.1, 0.15) is 24.0 Å². The number of benzene rings is 4. The second-order valence-corrected chi connectivity index (χ2v) is 8.83. The number of hydrogen-bond donors (Lipinski definition) is 1. The second kappa shape index (κ2) is 11.9. The second-order valence-electron chi connectivity index (χ2n) is 8.83. The fraction of sp³-hybridized carbons (Fsp3) is 0.156. The number of rotatable bonds is 8. The molecule has 190 valence electrons. The number of carbonyl (C=O) groups excluding carboxylic acids is 2. The normalized spacial score (nSPS) is 11.1. The average Bonchev–Trinajstić information content (AvgIpc) is 2.93. The topological polar surface area (TPSA) is 88.4 Å². The van der Waals surface area contributed by atoms with E-state index in [0.29, 0.717) is 29.2 Å². The van der Waals surface area contributed by atoms with Gasteiger partial charge in [-0.25, -0.2) is 4.79 Å². The van der Waals surface area contributed by atoms with E-state index in [1.54, 1.807) is 37.3 Å². The Balaban J connectivity index is 1.62. The maximum absolute atomic E-state index is 13.0. The van der Waals surface area contributed by atoms with E-state index >= 15 is 0 Å². The first-order valence-electron chi connectivity index (χ1n) is 12.3. The Labute approximate surface area is 222 Å². The average molecular weight is 505 g/mol. The van der Waals surface area contributed by atoms with Crippen molar-refractivity contribution in [2.75, 3.05) is 11.9 Å². The number of nitrogens with one attached hydrogen (secondary N) is 1. The molecule has 4 aromatic rings. The van der Waals surface area contributed by atoms with Crippen molar-refractivity contribution in [2.45, 2.75) is 27.4 Å². The Morgan fingerprint density at radius 2 is 1.71 bits per heavy atom. The number of ether oxygens (including phenoxy) is 2. The Bertz CT molecular complexity index is 1560. The largest absolute Gasteiger partial charge is 0.488 e. The number of fused-ring (bicyclic) bond motifs is 1. The van der Waals surface area contributed by atoms with Crippen LogP contribution in [0, 0.1) is 25.2 Å². The molecule has 0 saturated carbocycles. The molecule has 0 spiro atoms. The van der Waals surface area contributed by atoms with Gasteiger partial charge >= 0.3 is 5.97 Å². The zero-order valence-corrected chi connectivity index (χ0v) is 21.6. The molecule has 0 aliphatic carbocycles. The van der Waals surface area contributed by atoms with Gasteiger partial charge in [0.15, 0.2) is 0 Å². The molecule has 0 aliphatic rings. The molecule has 6 heteroatoms. The quantitative estimate of drug-likeness (QED) is 0.163. The van der Waals surface area contributed by atoms with Crippen LogP contribution in [0.1, 0.15) is 39.5 Å². The van der Waals surface area contributed by atoms with Gasteiger partial charge in [0, 0.05) is 11.3 Å². The molecule has 4 rings (SSSR count). The third kappa shape index (κ3) is 6.08. The number of anilines is 1. The van der Waals surface area contributed by atoms with Gasteiger partial charge in [-0.15, -0.1) is 0 Å². The minimum Gasteiger partial charge on any atom is -0.488 e. The number of esters is 1. The van der Waals surface area contributed by atoms with E-state index in [-0.39, 0.29) is 12.2 Å². The van der Waals surface area contributed by atoms with Crippen LogP contribution in [0.4, 0.5) is 5.69 Å². The first-order chi connectivity index (χ1) is 18.4. The van der Waals surface area contributed by atoms with Gasteiger partial charge in [-0.05, 0) is 84.6 Å². The van der Waals surface area contributed by atoms with Gasteiger partial charge in [0.05, 0.1) is 12.2 Å². The van der Waals surface area contributed by atoms with Crippen LogP contribution in [0.3, 0.4) is 0 Å². The van der Waals surface area contributed by atoms with Crippen LogP contribution < -0.4 is 10.1 Å². The molecule has 0 aliphatic heterocycles. The molecule has 0 bridgehead atoms. The van der Waals surface area contributed by atoms with Crippen molar-refractivity contribution in [3.05, 3.63) is 112 Å². The lowest BCUT2D eigenvalue weighted by molar-refractivity contribution is -0.112. The van der Waals surface area contributed by atoms with E-state index in [0.717, 1.165) is 16.3 Å². The Morgan fingerprint density at radius 3 is 2.42 bits per heavy atom. The summed E-state index contributed by atoms with van der Waals surface area (Å²) in [6, 6.07) is 26.1. The first-order valence-corrected chi connectivity index (χ1v) is 12.3. The molecule has 6 nitrogen and oxygen atoms in total. The van der Waals surface area contributed by atoms with Crippen LogP contribution in [0.2, 0.25) is 0 Å². The van der Waals surface area contributed by atoms with E-state index in [1.165, 1.54) is 11.1 Å². The number of carbonyl (C=O) groups is 2. The van der Waals surface area contributed by atoms with E-state index in [4.69, 9.17) is 9.47 Å². The van der Waals surface area contributed by atoms with Crippen molar-refractivity contribution in [1.29, 1.82) is 5.26 Å². The molecule has 1 N–H and O–H groups in total. The molecule has 0 fully saturated rings. The third-order valence-corrected chi connectivity index (χ3v) is 6.20. The lowest BCUT2D eigenvalue weighted by atomic mass is 10.0. The highest BCUT2D eigenvalue weighted by Gasteiger charge is 2.15. The molecule has 0 atom stereocenters. The van der Waals surface area contributed by atoms with Crippen molar-refractivity contribution < 1.29 is 19.1 Å². The lowest BCUT2D eigenvalue weighted by Crippen LogP contribution is -2.14. The summed E-state index contributed by atoms with van der Waals surface area (Å²) in [5, 5.41) is 14.4. The predicted molar refractivity (Wildman–Crippen MR) is 149 cm³/mol. The summed E-state index contributed by atoms with van der Waals surface area (Å²) in [6.07, 6.45) is 1.56. The van der Waals surface area contributed by atoms with Crippen molar-refractivity contribution in [2.24, 2.45) is 0 Å². The summed E-state index contributed by atoms with van der Waals surface area (Å²) in [4.78, 5) is 24.9. The van der Waals surface area contributed by atoms with Gasteiger partial charge in [-0.1, -0.05) is 48.5 Å². The summed E-state index contributed by atoms with van der Waals surface area (Å²) < 4.78 is 11.2. The molecule has 1 amide bonds. The number of aryl methyl sites for hydroxylation is 2. The minimum absolute atomic E-state index is 0.0770. The number of hydrogen-bond acceptors (Lipinski definition) is 5. The molecule has 0 unspecified atom stereocenters. The van der Waals surface area contributed by atoms with Gasteiger partial charge in [0.2, 0.25) is 0 Å². The lowest BCUT2D eigenvalue weighted by Gasteiger charge is -2.14. The van der Waals surface area contributed by atoms with E-state index < -0.39 is 11.9 Å². The van der Waals surface area contributed by atoms with Gasteiger partial charge < -0.3 is 14.8 Å². The van der Waals surface area contributed by atoms with Gasteiger partial charge in [-0.2, -0.15) is 5.26 Å². The van der Waals surface area contributed by atoms with Crippen LogP contribution in [0.25, 0.3) is 16.8 Å². The number of amides is 1.